The lowest BCUT2D eigenvalue weighted by molar-refractivity contribution is 0.0763. The molecule has 1 saturated heterocycles. The molecule has 3 aromatic rings. The van der Waals surface area contributed by atoms with Gasteiger partial charge in [-0.25, -0.2) is 4.98 Å². The first-order valence-electron chi connectivity index (χ1n) is 10.1. The molecule has 0 saturated carbocycles. The van der Waals surface area contributed by atoms with Crippen LogP contribution in [0.4, 0.5) is 11.5 Å². The minimum absolute atomic E-state index is 0.0984. The lowest BCUT2D eigenvalue weighted by Gasteiger charge is -2.22. The van der Waals surface area contributed by atoms with Crippen LogP contribution in [0, 0.1) is 0 Å². The first-order valence-corrected chi connectivity index (χ1v) is 10.1. The number of anilines is 2. The maximum Gasteiger partial charge on any atom is 0.254 e. The van der Waals surface area contributed by atoms with Crippen LogP contribution in [-0.2, 0) is 0 Å². The standard InChI is InChI=1S/C23H27N5O/c1-27(2)22-11-10-18(16-25-22)26-17-6-5-14-28(15-12-17)23(29)20-7-3-9-21-19(20)8-4-13-24-21/h3-4,7-11,13,16-17,26H,5-6,12,14-15H2,1-2H3/t17-/m0/s1. The number of hydrogen-bond acceptors (Lipinski definition) is 5. The van der Waals surface area contributed by atoms with Crippen LogP contribution in [0.15, 0.2) is 54.9 Å². The highest BCUT2D eigenvalue weighted by molar-refractivity contribution is 6.06. The van der Waals surface area contributed by atoms with Crippen molar-refractivity contribution in [2.45, 2.75) is 25.3 Å². The van der Waals surface area contributed by atoms with Crippen molar-refractivity contribution >= 4 is 28.3 Å². The molecule has 150 valence electrons. The molecule has 0 spiro atoms. The fourth-order valence-corrected chi connectivity index (χ4v) is 3.88. The highest BCUT2D eigenvalue weighted by Crippen LogP contribution is 2.22. The highest BCUT2D eigenvalue weighted by atomic mass is 16.2. The third-order valence-corrected chi connectivity index (χ3v) is 5.47. The molecule has 3 heterocycles. The maximum atomic E-state index is 13.2. The van der Waals surface area contributed by atoms with Crippen molar-refractivity contribution in [1.29, 1.82) is 0 Å². The summed E-state index contributed by atoms with van der Waals surface area (Å²) in [4.78, 5) is 26.0. The number of likely N-dealkylation sites (tertiary alicyclic amines) is 1. The van der Waals surface area contributed by atoms with Gasteiger partial charge in [0, 0.05) is 50.4 Å². The summed E-state index contributed by atoms with van der Waals surface area (Å²) in [5, 5.41) is 4.51. The van der Waals surface area contributed by atoms with E-state index in [4.69, 9.17) is 0 Å². The molecule has 2 aromatic heterocycles. The van der Waals surface area contributed by atoms with Gasteiger partial charge < -0.3 is 15.1 Å². The monoisotopic (exact) mass is 389 g/mol. The van der Waals surface area contributed by atoms with Crippen molar-refractivity contribution in [2.75, 3.05) is 37.4 Å². The van der Waals surface area contributed by atoms with Crippen molar-refractivity contribution in [3.05, 3.63) is 60.4 Å². The summed E-state index contributed by atoms with van der Waals surface area (Å²) in [5.41, 5.74) is 2.63. The Morgan fingerprint density at radius 3 is 2.76 bits per heavy atom. The molecular weight excluding hydrogens is 362 g/mol. The van der Waals surface area contributed by atoms with Gasteiger partial charge in [-0.3, -0.25) is 9.78 Å². The predicted octanol–water partition coefficient (Wildman–Crippen LogP) is 3.80. The van der Waals surface area contributed by atoms with Gasteiger partial charge in [-0.2, -0.15) is 0 Å². The van der Waals surface area contributed by atoms with Gasteiger partial charge in [0.2, 0.25) is 0 Å². The maximum absolute atomic E-state index is 13.2. The number of aromatic nitrogens is 2. The van der Waals surface area contributed by atoms with Gasteiger partial charge in [-0.05, 0) is 49.6 Å². The Kier molecular flexibility index (Phi) is 5.60. The largest absolute Gasteiger partial charge is 0.381 e. The second-order valence-corrected chi connectivity index (χ2v) is 7.74. The molecule has 1 amide bonds. The highest BCUT2D eigenvalue weighted by Gasteiger charge is 2.23. The Balaban J connectivity index is 1.42. The van der Waals surface area contributed by atoms with E-state index in [1.54, 1.807) is 6.20 Å². The van der Waals surface area contributed by atoms with Crippen LogP contribution < -0.4 is 10.2 Å². The fraction of sp³-hybridized carbons (Fsp3) is 0.348. The van der Waals surface area contributed by atoms with Crippen molar-refractivity contribution in [1.82, 2.24) is 14.9 Å². The molecule has 1 N–H and O–H groups in total. The zero-order valence-corrected chi connectivity index (χ0v) is 17.0. The summed E-state index contributed by atoms with van der Waals surface area (Å²) in [7, 11) is 3.97. The fourth-order valence-electron chi connectivity index (χ4n) is 3.88. The van der Waals surface area contributed by atoms with Gasteiger partial charge in [0.05, 0.1) is 17.4 Å². The third-order valence-electron chi connectivity index (χ3n) is 5.47. The van der Waals surface area contributed by atoms with E-state index in [1.165, 1.54) is 0 Å². The Hall–Kier alpha value is -3.15. The number of rotatable bonds is 4. The average Bonchev–Trinajstić information content (AvgIpc) is 2.99. The molecule has 1 atom stereocenters. The Morgan fingerprint density at radius 1 is 1.07 bits per heavy atom. The lowest BCUT2D eigenvalue weighted by atomic mass is 10.1. The summed E-state index contributed by atoms with van der Waals surface area (Å²) in [6, 6.07) is 14.1. The van der Waals surface area contributed by atoms with Crippen molar-refractivity contribution in [2.24, 2.45) is 0 Å². The number of fused-ring (bicyclic) bond motifs is 1. The number of carbonyl (C=O) groups excluding carboxylic acids is 1. The first-order chi connectivity index (χ1) is 14.1. The Labute approximate surface area is 171 Å². The number of amides is 1. The molecule has 1 aliphatic heterocycles. The van der Waals surface area contributed by atoms with Gasteiger partial charge in [-0.15, -0.1) is 0 Å². The average molecular weight is 390 g/mol. The van der Waals surface area contributed by atoms with E-state index in [0.717, 1.165) is 60.3 Å². The number of nitrogens with one attached hydrogen (secondary N) is 1. The van der Waals surface area contributed by atoms with Gasteiger partial charge in [0.15, 0.2) is 0 Å². The minimum Gasteiger partial charge on any atom is -0.381 e. The van der Waals surface area contributed by atoms with E-state index in [0.29, 0.717) is 6.04 Å². The molecule has 0 radical (unpaired) electrons. The first kappa shape index (κ1) is 19.2. The molecule has 4 rings (SSSR count). The number of benzene rings is 1. The second-order valence-electron chi connectivity index (χ2n) is 7.74. The third kappa shape index (κ3) is 4.31. The molecule has 6 heteroatoms. The molecular formula is C23H27N5O. The zero-order chi connectivity index (χ0) is 20.2. The van der Waals surface area contributed by atoms with Crippen LogP contribution in [0.1, 0.15) is 29.6 Å². The van der Waals surface area contributed by atoms with Crippen LogP contribution in [0.25, 0.3) is 10.9 Å². The van der Waals surface area contributed by atoms with Crippen molar-refractivity contribution in [3.8, 4) is 0 Å². The van der Waals surface area contributed by atoms with Crippen LogP contribution >= 0.6 is 0 Å². The molecule has 1 aromatic carbocycles. The smallest absolute Gasteiger partial charge is 0.254 e. The van der Waals surface area contributed by atoms with Crippen molar-refractivity contribution in [3.63, 3.8) is 0 Å². The number of nitrogens with zero attached hydrogens (tertiary/aromatic N) is 4. The predicted molar refractivity (Wildman–Crippen MR) is 117 cm³/mol. The SMILES string of the molecule is CN(C)c1ccc(N[C@H]2CCCN(C(=O)c3cccc4ncccc34)CC2)cn1. The molecule has 0 aliphatic carbocycles. The molecule has 1 aliphatic rings. The quantitative estimate of drug-likeness (QED) is 0.735. The normalized spacial score (nSPS) is 17.0. The lowest BCUT2D eigenvalue weighted by Crippen LogP contribution is -2.32. The van der Waals surface area contributed by atoms with E-state index >= 15 is 0 Å². The Bertz CT molecular complexity index is 981. The van der Waals surface area contributed by atoms with E-state index in [2.05, 4.69) is 21.4 Å². The van der Waals surface area contributed by atoms with Crippen LogP contribution in [0.2, 0.25) is 0 Å². The van der Waals surface area contributed by atoms with Crippen molar-refractivity contribution < 1.29 is 4.79 Å². The van der Waals surface area contributed by atoms with Gasteiger partial charge in [-0.1, -0.05) is 12.1 Å². The number of pyridine rings is 2. The molecule has 0 bridgehead atoms. The van der Waals surface area contributed by atoms with Crippen LogP contribution in [0.5, 0.6) is 0 Å². The zero-order valence-electron chi connectivity index (χ0n) is 17.0. The van der Waals surface area contributed by atoms with Gasteiger partial charge in [0.1, 0.15) is 5.82 Å². The minimum atomic E-state index is 0.0984. The van der Waals surface area contributed by atoms with Crippen LogP contribution in [-0.4, -0.2) is 54.0 Å². The number of carbonyl (C=O) groups is 1. The van der Waals surface area contributed by atoms with Gasteiger partial charge >= 0.3 is 0 Å². The topological polar surface area (TPSA) is 61.4 Å². The summed E-state index contributed by atoms with van der Waals surface area (Å²) in [6.45, 7) is 1.53. The molecule has 1 fully saturated rings. The summed E-state index contributed by atoms with van der Waals surface area (Å²) in [6.07, 6.45) is 6.58. The van der Waals surface area contributed by atoms with Crippen LogP contribution in [0.3, 0.4) is 0 Å². The Morgan fingerprint density at radius 2 is 1.97 bits per heavy atom. The van der Waals surface area contributed by atoms with Gasteiger partial charge in [0.25, 0.3) is 5.91 Å². The van der Waals surface area contributed by atoms with E-state index < -0.39 is 0 Å². The van der Waals surface area contributed by atoms with E-state index in [9.17, 15) is 4.79 Å². The molecule has 6 nitrogen and oxygen atoms in total. The summed E-state index contributed by atoms with van der Waals surface area (Å²) < 4.78 is 0. The molecule has 29 heavy (non-hydrogen) atoms. The molecule has 0 unspecified atom stereocenters. The summed E-state index contributed by atoms with van der Waals surface area (Å²) in [5.74, 6) is 1.04. The van der Waals surface area contributed by atoms with E-state index in [1.807, 2.05) is 66.5 Å². The van der Waals surface area contributed by atoms with E-state index in [-0.39, 0.29) is 5.91 Å². The number of hydrogen-bond donors (Lipinski definition) is 1. The summed E-state index contributed by atoms with van der Waals surface area (Å²) >= 11 is 0. The second kappa shape index (κ2) is 8.47.